The molecule has 0 bridgehead atoms. The van der Waals surface area contributed by atoms with Crippen molar-refractivity contribution in [3.63, 3.8) is 0 Å². The number of aliphatic hydroxyl groups excluding tert-OH is 1. The third-order valence-corrected chi connectivity index (χ3v) is 9.04. The molecule has 2 aliphatic rings. The van der Waals surface area contributed by atoms with Gasteiger partial charge in [-0.3, -0.25) is 19.3 Å². The highest BCUT2D eigenvalue weighted by molar-refractivity contribution is 8.01. The molecule has 4 heterocycles. The largest absolute Gasteiger partial charge is 0.508 e. The van der Waals surface area contributed by atoms with Crippen molar-refractivity contribution in [1.82, 2.24) is 30.0 Å². The zero-order chi connectivity index (χ0) is 29.4. The fourth-order valence-electron chi connectivity index (χ4n) is 4.48. The quantitative estimate of drug-likeness (QED) is 0.132. The highest BCUT2D eigenvalue weighted by Crippen LogP contribution is 2.44. The lowest BCUT2D eigenvalue weighted by molar-refractivity contribution is -0.151. The summed E-state index contributed by atoms with van der Waals surface area (Å²) in [5, 5.41) is 50.8. The molecule has 2 amide bonds. The van der Waals surface area contributed by atoms with E-state index in [2.05, 4.69) is 20.6 Å². The van der Waals surface area contributed by atoms with Crippen LogP contribution in [-0.4, -0.2) is 91.3 Å². The monoisotopic (exact) mass is 602 g/mol. The van der Waals surface area contributed by atoms with Gasteiger partial charge in [-0.1, -0.05) is 23.9 Å². The number of carboxylic acid groups (broad SMARTS) is 2. The number of nitrogens with one attached hydrogen (secondary N) is 2. The summed E-state index contributed by atoms with van der Waals surface area (Å²) < 4.78 is 1.02. The molecule has 0 radical (unpaired) electrons. The van der Waals surface area contributed by atoms with Gasteiger partial charge in [-0.2, -0.15) is 14.7 Å². The minimum atomic E-state index is -1.62. The number of carbonyl (C=O) groups is 4. The highest BCUT2D eigenvalue weighted by Gasteiger charge is 2.55. The molecule has 1 aromatic carbocycles. The molecule has 0 aliphatic carbocycles. The number of rotatable bonds is 10. The number of carbonyl (C=O) groups excluding carboxylic acids is 2. The summed E-state index contributed by atoms with van der Waals surface area (Å²) >= 11 is 2.25. The Balaban J connectivity index is 1.39. The number of thioether (sulfide) groups is 2. The van der Waals surface area contributed by atoms with Gasteiger partial charge in [0.05, 0.1) is 0 Å². The van der Waals surface area contributed by atoms with Gasteiger partial charge in [-0.25, -0.2) is 14.7 Å². The number of hydrogen-bond donors (Lipinski definition) is 6. The van der Waals surface area contributed by atoms with Gasteiger partial charge in [0.15, 0.2) is 11.8 Å². The minimum Gasteiger partial charge on any atom is -0.508 e. The van der Waals surface area contributed by atoms with E-state index in [1.165, 1.54) is 42.1 Å². The van der Waals surface area contributed by atoms with Gasteiger partial charge < -0.3 is 25.7 Å². The van der Waals surface area contributed by atoms with Crippen molar-refractivity contribution < 1.29 is 39.6 Å². The Bertz CT molecular complexity index is 1640. The third-order valence-electron chi connectivity index (χ3n) is 6.48. The maximum absolute atomic E-state index is 13.1. The molecule has 1 saturated heterocycles. The molecule has 4 atom stereocenters. The molecule has 1 fully saturated rings. The number of aliphatic hydroxyl groups is 1. The number of aromatic hydroxyl groups is 1. The van der Waals surface area contributed by atoms with Gasteiger partial charge in [0, 0.05) is 17.4 Å². The molecule has 41 heavy (non-hydrogen) atoms. The number of amides is 2. The molecule has 214 valence electrons. The Morgan fingerprint density at radius 3 is 2.56 bits per heavy atom. The lowest BCUT2D eigenvalue weighted by atomic mass is 9.99. The molecule has 2 unspecified atom stereocenters. The van der Waals surface area contributed by atoms with Crippen LogP contribution < -0.4 is 11.0 Å². The summed E-state index contributed by atoms with van der Waals surface area (Å²) in [6.07, 6.45) is -1.91. The summed E-state index contributed by atoms with van der Waals surface area (Å²) in [5.41, 5.74) is -0.142. The van der Waals surface area contributed by atoms with Gasteiger partial charge in [0.1, 0.15) is 27.9 Å². The average Bonchev–Trinajstić information content (AvgIpc) is 3.32. The second-order valence-corrected chi connectivity index (χ2v) is 11.4. The van der Waals surface area contributed by atoms with Crippen LogP contribution in [0.3, 0.4) is 0 Å². The Morgan fingerprint density at radius 2 is 1.88 bits per heavy atom. The van der Waals surface area contributed by atoms with Crippen LogP contribution in [0.25, 0.3) is 5.65 Å². The molecular weight excluding hydrogens is 580 g/mol. The summed E-state index contributed by atoms with van der Waals surface area (Å²) in [4.78, 5) is 62.6. The number of hydrogen-bond acceptors (Lipinski definition) is 11. The Hall–Kier alpha value is -4.35. The molecule has 0 saturated carbocycles. The Morgan fingerprint density at radius 1 is 1.15 bits per heavy atom. The Labute approximate surface area is 238 Å². The SMILES string of the molecule is O=C(O)CCC(Sc1ccc2n[nH]c(=O)n2n1)C1=C(C(=O)O)N2C(=O)C(NC(=O)[C@H](O)c3ccc(O)cc3)[C@H]2SC1. The van der Waals surface area contributed by atoms with E-state index in [9.17, 15) is 44.4 Å². The van der Waals surface area contributed by atoms with E-state index in [-0.39, 0.29) is 41.3 Å². The first-order valence-electron chi connectivity index (χ1n) is 12.1. The van der Waals surface area contributed by atoms with E-state index >= 15 is 0 Å². The number of nitrogens with zero attached hydrogens (tertiary/aromatic N) is 4. The van der Waals surface area contributed by atoms with Crippen LogP contribution in [0, 0.1) is 0 Å². The van der Waals surface area contributed by atoms with Crippen LogP contribution in [0.4, 0.5) is 0 Å². The Kier molecular flexibility index (Phi) is 7.74. The number of aromatic nitrogens is 4. The number of fused-ring (bicyclic) bond motifs is 2. The topological polar surface area (TPSA) is 228 Å². The van der Waals surface area contributed by atoms with Gasteiger partial charge in [0.2, 0.25) is 0 Å². The van der Waals surface area contributed by atoms with E-state index in [0.29, 0.717) is 10.6 Å². The highest BCUT2D eigenvalue weighted by atomic mass is 32.2. The molecule has 5 rings (SSSR count). The summed E-state index contributed by atoms with van der Waals surface area (Å²) in [6.45, 7) is 0. The number of carboxylic acids is 2. The molecule has 6 N–H and O–H groups in total. The first-order valence-corrected chi connectivity index (χ1v) is 14.0. The van der Waals surface area contributed by atoms with E-state index < -0.39 is 52.2 Å². The van der Waals surface area contributed by atoms with Crippen molar-refractivity contribution in [3.05, 3.63) is 63.7 Å². The summed E-state index contributed by atoms with van der Waals surface area (Å²) in [7, 11) is 0. The van der Waals surface area contributed by atoms with Crippen molar-refractivity contribution in [1.29, 1.82) is 0 Å². The predicted molar refractivity (Wildman–Crippen MR) is 143 cm³/mol. The van der Waals surface area contributed by atoms with Crippen molar-refractivity contribution in [2.24, 2.45) is 0 Å². The first-order chi connectivity index (χ1) is 19.5. The number of phenolic OH excluding ortho intramolecular Hbond substituents is 1. The van der Waals surface area contributed by atoms with Crippen molar-refractivity contribution in [3.8, 4) is 5.75 Å². The third kappa shape index (κ3) is 5.50. The van der Waals surface area contributed by atoms with Gasteiger partial charge >= 0.3 is 17.6 Å². The minimum absolute atomic E-state index is 0.0123. The summed E-state index contributed by atoms with van der Waals surface area (Å²) in [6, 6.07) is 7.29. The standard InChI is InChI=1S/C24H22N6O9S2/c31-11-3-1-10(2-4-11)19(34)20(35)25-17-21(36)29-18(23(37)38)12(9-40-22(17)29)13(5-8-16(32)33)41-15-7-6-14-26-27-24(39)30(14)28-15/h1-4,6-7,13,17,19,22,31,34H,5,8-9H2,(H,25,35)(H,27,39)(H,32,33)(H,37,38)/t13?,17?,19-,22-/m1/s1. The van der Waals surface area contributed by atoms with E-state index in [4.69, 9.17) is 0 Å². The van der Waals surface area contributed by atoms with Crippen molar-refractivity contribution in [2.75, 3.05) is 5.75 Å². The zero-order valence-corrected chi connectivity index (χ0v) is 22.5. The van der Waals surface area contributed by atoms with Gasteiger partial charge in [-0.05, 0) is 41.8 Å². The number of H-pyrrole nitrogens is 1. The van der Waals surface area contributed by atoms with Crippen LogP contribution >= 0.6 is 23.5 Å². The predicted octanol–water partition coefficient (Wildman–Crippen LogP) is -0.0791. The molecular formula is C24H22N6O9S2. The number of phenols is 1. The normalized spacial score (nSPS) is 19.8. The maximum Gasteiger partial charge on any atom is 0.364 e. The number of benzene rings is 1. The first kappa shape index (κ1) is 28.2. The van der Waals surface area contributed by atoms with Crippen molar-refractivity contribution in [2.45, 2.75) is 40.6 Å². The molecule has 2 aromatic heterocycles. The number of β-lactam (4-membered cyclic amide) rings is 1. The molecule has 2 aliphatic heterocycles. The maximum atomic E-state index is 13.1. The van der Waals surface area contributed by atoms with Crippen LogP contribution in [-0.2, 0) is 19.2 Å². The second kappa shape index (κ2) is 11.3. The average molecular weight is 603 g/mol. The molecule has 15 nitrogen and oxygen atoms in total. The smallest absolute Gasteiger partial charge is 0.364 e. The lowest BCUT2D eigenvalue weighted by Gasteiger charge is -2.50. The fourth-order valence-corrected chi connectivity index (χ4v) is 7.15. The summed E-state index contributed by atoms with van der Waals surface area (Å²) in [5.74, 6) is -4.02. The van der Waals surface area contributed by atoms with Crippen LogP contribution in [0.2, 0.25) is 0 Å². The van der Waals surface area contributed by atoms with Crippen LogP contribution in [0.5, 0.6) is 5.75 Å². The molecule has 17 heteroatoms. The van der Waals surface area contributed by atoms with Gasteiger partial charge in [-0.15, -0.1) is 11.8 Å². The van der Waals surface area contributed by atoms with Crippen LogP contribution in [0.15, 0.2) is 57.5 Å². The molecule has 0 spiro atoms. The zero-order valence-electron chi connectivity index (χ0n) is 20.8. The lowest BCUT2D eigenvalue weighted by Crippen LogP contribution is -2.71. The van der Waals surface area contributed by atoms with E-state index in [0.717, 1.165) is 21.2 Å². The molecule has 3 aromatic rings. The number of aromatic amines is 1. The fraction of sp³-hybridized carbons (Fsp3) is 0.292. The van der Waals surface area contributed by atoms with E-state index in [1.807, 2.05) is 0 Å². The van der Waals surface area contributed by atoms with Crippen molar-refractivity contribution >= 4 is 52.9 Å². The second-order valence-electron chi connectivity index (χ2n) is 9.08. The van der Waals surface area contributed by atoms with E-state index in [1.54, 1.807) is 6.07 Å². The van der Waals surface area contributed by atoms with Gasteiger partial charge in [0.25, 0.3) is 11.8 Å². The number of aliphatic carboxylic acids is 2. The van der Waals surface area contributed by atoms with Crippen LogP contribution in [0.1, 0.15) is 24.5 Å².